The van der Waals surface area contributed by atoms with Crippen LogP contribution >= 0.6 is 11.9 Å². The summed E-state index contributed by atoms with van der Waals surface area (Å²) in [7, 11) is 0. The van der Waals surface area contributed by atoms with E-state index < -0.39 is 0 Å². The minimum atomic E-state index is -0.324. The number of hydrazine groups is 1. The average Bonchev–Trinajstić information content (AvgIpc) is 3.20. The van der Waals surface area contributed by atoms with E-state index in [0.717, 1.165) is 45.0 Å². The first-order valence-corrected chi connectivity index (χ1v) is 10.4. The fraction of sp³-hybridized carbons (Fsp3) is 0.526. The van der Waals surface area contributed by atoms with Gasteiger partial charge in [0.25, 0.3) is 5.91 Å². The van der Waals surface area contributed by atoms with E-state index in [1.807, 2.05) is 0 Å². The third-order valence-corrected chi connectivity index (χ3v) is 6.15. The van der Waals surface area contributed by atoms with Gasteiger partial charge in [0.1, 0.15) is 11.4 Å². The quantitative estimate of drug-likeness (QED) is 0.212. The highest BCUT2D eigenvalue weighted by Crippen LogP contribution is 2.31. The highest BCUT2D eigenvalue weighted by Gasteiger charge is 2.23. The zero-order chi connectivity index (χ0) is 19.9. The molecule has 2 aliphatic heterocycles. The summed E-state index contributed by atoms with van der Waals surface area (Å²) in [6.45, 7) is 6.80. The van der Waals surface area contributed by atoms with Gasteiger partial charge in [0.15, 0.2) is 0 Å². The molecule has 0 radical (unpaired) electrons. The fourth-order valence-corrected chi connectivity index (χ4v) is 4.20. The van der Waals surface area contributed by atoms with Crippen LogP contribution in [-0.2, 0) is 11.2 Å². The summed E-state index contributed by atoms with van der Waals surface area (Å²) >= 11 is 1.48. The molecule has 9 heteroatoms. The first kappa shape index (κ1) is 20.9. The smallest absolute Gasteiger partial charge is 0.269 e. The van der Waals surface area contributed by atoms with Gasteiger partial charge >= 0.3 is 0 Å². The van der Waals surface area contributed by atoms with Crippen LogP contribution in [0, 0.1) is 0 Å². The lowest BCUT2D eigenvalue weighted by atomic mass is 10.0. The number of benzene rings is 1. The number of hydrogen-bond donors (Lipinski definition) is 4. The molecule has 1 atom stereocenters. The molecule has 1 fully saturated rings. The van der Waals surface area contributed by atoms with Crippen LogP contribution in [0.5, 0.6) is 5.75 Å². The zero-order valence-corrected chi connectivity index (χ0v) is 17.0. The maximum Gasteiger partial charge on any atom is 0.269 e. The van der Waals surface area contributed by atoms with E-state index in [-0.39, 0.29) is 24.8 Å². The van der Waals surface area contributed by atoms with Gasteiger partial charge in [-0.15, -0.1) is 0 Å². The second-order valence-corrected chi connectivity index (χ2v) is 7.83. The molecule has 1 aromatic rings. The molecule has 1 saturated heterocycles. The Morgan fingerprint density at radius 2 is 2.18 bits per heavy atom. The van der Waals surface area contributed by atoms with Crippen LogP contribution in [0.15, 0.2) is 29.3 Å². The minimum absolute atomic E-state index is 0.104. The molecular formula is C19H29N5O3S. The third-order valence-electron chi connectivity index (χ3n) is 5.14. The molecule has 0 aliphatic carbocycles. The predicted octanol–water partition coefficient (Wildman–Crippen LogP) is 0.362. The van der Waals surface area contributed by atoms with Crippen LogP contribution < -0.4 is 21.3 Å². The number of rotatable bonds is 8. The Hall–Kier alpha value is -1.78. The van der Waals surface area contributed by atoms with Crippen molar-refractivity contribution in [2.75, 3.05) is 45.9 Å². The maximum atomic E-state index is 11.9. The normalized spacial score (nSPS) is 19.0. The molecule has 0 bridgehead atoms. The number of piperazine rings is 1. The van der Waals surface area contributed by atoms with Crippen LogP contribution in [0.4, 0.5) is 0 Å². The van der Waals surface area contributed by atoms with Crippen molar-refractivity contribution in [1.82, 2.24) is 19.9 Å². The Kier molecular flexibility index (Phi) is 7.57. The molecule has 154 valence electrons. The summed E-state index contributed by atoms with van der Waals surface area (Å²) in [4.78, 5) is 14.4. The summed E-state index contributed by atoms with van der Waals surface area (Å²) < 4.78 is 7.92. The number of carbonyl (C=O) groups is 1. The van der Waals surface area contributed by atoms with E-state index >= 15 is 0 Å². The van der Waals surface area contributed by atoms with E-state index in [0.29, 0.717) is 6.04 Å². The molecule has 5 N–H and O–H groups in total. The summed E-state index contributed by atoms with van der Waals surface area (Å²) in [5, 5.41) is 13.1. The van der Waals surface area contributed by atoms with Crippen molar-refractivity contribution >= 4 is 17.9 Å². The highest BCUT2D eigenvalue weighted by atomic mass is 32.2. The van der Waals surface area contributed by atoms with Crippen LogP contribution in [-0.4, -0.2) is 66.2 Å². The molecule has 28 heavy (non-hydrogen) atoms. The Morgan fingerprint density at radius 3 is 2.89 bits per heavy atom. The molecule has 2 heterocycles. The highest BCUT2D eigenvalue weighted by molar-refractivity contribution is 7.99. The molecule has 0 spiro atoms. The lowest BCUT2D eigenvalue weighted by Crippen LogP contribution is -2.44. The summed E-state index contributed by atoms with van der Waals surface area (Å²) in [5.74, 6) is 6.14. The fourth-order valence-electron chi connectivity index (χ4n) is 3.39. The molecule has 3 rings (SSSR count). The largest absolute Gasteiger partial charge is 0.493 e. The lowest BCUT2D eigenvalue weighted by molar-refractivity contribution is -0.118. The van der Waals surface area contributed by atoms with Crippen molar-refractivity contribution in [1.29, 1.82) is 0 Å². The molecule has 2 aliphatic rings. The Bertz CT molecular complexity index is 707. The Labute approximate surface area is 170 Å². The van der Waals surface area contributed by atoms with Gasteiger partial charge in [-0.3, -0.25) is 15.5 Å². The first-order chi connectivity index (χ1) is 13.6. The van der Waals surface area contributed by atoms with E-state index in [4.69, 9.17) is 15.7 Å². The second-order valence-electron chi connectivity index (χ2n) is 6.87. The second kappa shape index (κ2) is 10.1. The number of nitrogens with zero attached hydrogens (tertiary/aromatic N) is 2. The number of fused-ring (bicyclic) bond motifs is 1. The molecular weight excluding hydrogens is 378 g/mol. The van der Waals surface area contributed by atoms with Gasteiger partial charge in [-0.25, -0.2) is 4.31 Å². The lowest BCUT2D eigenvalue weighted by Gasteiger charge is -2.37. The topological polar surface area (TPSA) is 103 Å². The van der Waals surface area contributed by atoms with Crippen LogP contribution in [0.2, 0.25) is 0 Å². The molecule has 1 aromatic carbocycles. The zero-order valence-electron chi connectivity index (χ0n) is 16.2. The molecule has 1 amide bonds. The van der Waals surface area contributed by atoms with Crippen LogP contribution in [0.3, 0.4) is 0 Å². The Balaban J connectivity index is 1.50. The van der Waals surface area contributed by atoms with E-state index in [1.165, 1.54) is 23.1 Å². The van der Waals surface area contributed by atoms with Gasteiger partial charge in [0.05, 0.1) is 13.2 Å². The van der Waals surface area contributed by atoms with Crippen LogP contribution in [0.25, 0.3) is 0 Å². The predicted molar refractivity (Wildman–Crippen MR) is 110 cm³/mol. The van der Waals surface area contributed by atoms with Gasteiger partial charge in [0, 0.05) is 50.6 Å². The minimum Gasteiger partial charge on any atom is -0.493 e. The van der Waals surface area contributed by atoms with E-state index in [2.05, 4.69) is 45.1 Å². The number of nitrogens with two attached hydrogens (primary N) is 1. The van der Waals surface area contributed by atoms with Crippen molar-refractivity contribution in [3.63, 3.8) is 0 Å². The summed E-state index contributed by atoms with van der Waals surface area (Å²) in [6, 6.07) is 6.92. The van der Waals surface area contributed by atoms with Crippen molar-refractivity contribution in [2.45, 2.75) is 19.4 Å². The first-order valence-electron chi connectivity index (χ1n) is 9.59. The number of aliphatic hydroxyl groups excluding tert-OH is 1. The van der Waals surface area contributed by atoms with Gasteiger partial charge < -0.3 is 20.6 Å². The van der Waals surface area contributed by atoms with Crippen molar-refractivity contribution in [3.05, 3.63) is 40.4 Å². The van der Waals surface area contributed by atoms with E-state index in [1.54, 1.807) is 5.41 Å². The Morgan fingerprint density at radius 1 is 1.39 bits per heavy atom. The summed E-state index contributed by atoms with van der Waals surface area (Å²) in [5.41, 5.74) is 5.29. The number of amides is 1. The van der Waals surface area contributed by atoms with Gasteiger partial charge in [-0.1, -0.05) is 12.1 Å². The molecule has 0 aromatic heterocycles. The summed E-state index contributed by atoms with van der Waals surface area (Å²) in [6.07, 6.45) is 1.01. The molecule has 1 unspecified atom stereocenters. The SMILES string of the molecule is CC(c1ccc2c(c1)OCC2)N1CCN(S/C=C(\NN)C(=O)NCCO)CC1. The molecule has 8 nitrogen and oxygen atoms in total. The number of nitrogens with one attached hydrogen (secondary N) is 2. The average molecular weight is 408 g/mol. The van der Waals surface area contributed by atoms with Crippen LogP contribution in [0.1, 0.15) is 24.1 Å². The van der Waals surface area contributed by atoms with Crippen molar-refractivity contribution < 1.29 is 14.6 Å². The maximum absolute atomic E-state index is 11.9. The number of ether oxygens (including phenoxy) is 1. The van der Waals surface area contributed by atoms with Gasteiger partial charge in [0.2, 0.25) is 0 Å². The number of carbonyl (C=O) groups excluding carboxylic acids is 1. The standard InChI is InChI=1S/C19H29N5O3S/c1-14(16-3-2-15-4-11-27-18(15)12-16)23-6-8-24(9-7-23)28-13-17(22-20)19(26)21-5-10-25/h2-3,12-14,22,25H,4-11,20H2,1H3,(H,21,26)/b17-13-. The monoisotopic (exact) mass is 407 g/mol. The van der Waals surface area contributed by atoms with Gasteiger partial charge in [-0.05, 0) is 36.1 Å². The van der Waals surface area contributed by atoms with Crippen molar-refractivity contribution in [3.8, 4) is 5.75 Å². The number of aliphatic hydroxyl groups is 1. The number of hydrogen-bond acceptors (Lipinski definition) is 8. The molecule has 0 saturated carbocycles. The van der Waals surface area contributed by atoms with E-state index in [9.17, 15) is 4.79 Å². The third kappa shape index (κ3) is 5.18. The van der Waals surface area contributed by atoms with Crippen molar-refractivity contribution in [2.24, 2.45) is 5.84 Å². The van der Waals surface area contributed by atoms with Gasteiger partial charge in [-0.2, -0.15) is 0 Å².